The zero-order chi connectivity index (χ0) is 21.3. The van der Waals surface area contributed by atoms with E-state index < -0.39 is 21.8 Å². The van der Waals surface area contributed by atoms with Gasteiger partial charge in [-0.05, 0) is 30.3 Å². The Morgan fingerprint density at radius 2 is 1.86 bits per heavy atom. The second kappa shape index (κ2) is 8.22. The van der Waals surface area contributed by atoms with Crippen molar-refractivity contribution in [1.29, 1.82) is 0 Å². The van der Waals surface area contributed by atoms with Gasteiger partial charge in [0.2, 0.25) is 0 Å². The Hall–Kier alpha value is -2.29. The third kappa shape index (κ3) is 3.92. The first-order chi connectivity index (χ1) is 13.7. The maximum absolute atomic E-state index is 13.2. The number of carbonyl (C=O) groups is 1. The highest BCUT2D eigenvalue weighted by Crippen LogP contribution is 2.40. The van der Waals surface area contributed by atoms with Gasteiger partial charge in [0.25, 0.3) is 5.91 Å². The van der Waals surface area contributed by atoms with Crippen molar-refractivity contribution in [1.82, 2.24) is 4.90 Å². The van der Waals surface area contributed by atoms with Crippen LogP contribution in [-0.2, 0) is 16.4 Å². The first-order valence-corrected chi connectivity index (χ1v) is 11.0. The summed E-state index contributed by atoms with van der Waals surface area (Å²) in [6.07, 6.45) is -0.992. The van der Waals surface area contributed by atoms with Gasteiger partial charge in [0.15, 0.2) is 9.84 Å². The van der Waals surface area contributed by atoms with E-state index in [2.05, 4.69) is 0 Å². The number of fused-ring (bicyclic) bond motifs is 1. The van der Waals surface area contributed by atoms with E-state index in [0.717, 1.165) is 0 Å². The number of β-amino-alcohol motifs (C(OH)–C–C–N with tert-alkyl or cyclic N) is 1. The number of aliphatic hydroxyl groups is 1. The summed E-state index contributed by atoms with van der Waals surface area (Å²) in [5.74, 6) is 0.465. The van der Waals surface area contributed by atoms with Gasteiger partial charge in [-0.2, -0.15) is 0 Å². The monoisotopic (exact) mass is 439 g/mol. The molecule has 0 aromatic heterocycles. The van der Waals surface area contributed by atoms with E-state index in [4.69, 9.17) is 21.1 Å². The first-order valence-electron chi connectivity index (χ1n) is 8.96. The lowest BCUT2D eigenvalue weighted by molar-refractivity contribution is 0.0538. The Labute approximate surface area is 174 Å². The number of nitrogens with zero attached hydrogens (tertiary/aromatic N) is 1. The Bertz CT molecular complexity index is 1050. The lowest BCUT2D eigenvalue weighted by atomic mass is 9.94. The molecule has 29 heavy (non-hydrogen) atoms. The molecule has 1 amide bonds. The number of methoxy groups -OCH3 is 2. The van der Waals surface area contributed by atoms with Crippen molar-refractivity contribution >= 4 is 27.3 Å². The molecule has 156 valence electrons. The summed E-state index contributed by atoms with van der Waals surface area (Å²) in [6, 6.07) is 7.48. The lowest BCUT2D eigenvalue weighted by Gasteiger charge is -2.34. The highest BCUT2D eigenvalue weighted by molar-refractivity contribution is 7.91. The van der Waals surface area contributed by atoms with Crippen LogP contribution in [0.25, 0.3) is 0 Å². The number of benzene rings is 2. The van der Waals surface area contributed by atoms with Crippen molar-refractivity contribution in [3.63, 3.8) is 0 Å². The summed E-state index contributed by atoms with van der Waals surface area (Å²) < 4.78 is 35.1. The van der Waals surface area contributed by atoms with Gasteiger partial charge >= 0.3 is 0 Å². The number of hydrogen-bond acceptors (Lipinski definition) is 6. The van der Waals surface area contributed by atoms with Gasteiger partial charge in [-0.25, -0.2) is 8.42 Å². The summed E-state index contributed by atoms with van der Waals surface area (Å²) in [4.78, 5) is 14.6. The van der Waals surface area contributed by atoms with Crippen LogP contribution in [0.1, 0.15) is 34.5 Å². The number of carbonyl (C=O) groups excluding carboxylic acids is 1. The number of aliphatic hydroxyl groups excluding tert-OH is 1. The highest BCUT2D eigenvalue weighted by atomic mass is 35.5. The van der Waals surface area contributed by atoms with Crippen molar-refractivity contribution in [3.05, 3.63) is 52.0 Å². The van der Waals surface area contributed by atoms with Gasteiger partial charge in [0, 0.05) is 11.1 Å². The average molecular weight is 440 g/mol. The average Bonchev–Trinajstić information content (AvgIpc) is 2.72. The minimum absolute atomic E-state index is 0.0104. The third-order valence-corrected chi connectivity index (χ3v) is 7.05. The highest BCUT2D eigenvalue weighted by Gasteiger charge is 2.33. The van der Waals surface area contributed by atoms with Crippen molar-refractivity contribution in [2.45, 2.75) is 24.5 Å². The van der Waals surface area contributed by atoms with Crippen molar-refractivity contribution in [2.75, 3.05) is 26.5 Å². The van der Waals surface area contributed by atoms with Gasteiger partial charge in [0.1, 0.15) is 17.6 Å². The maximum atomic E-state index is 13.2. The predicted octanol–water partition coefficient (Wildman–Crippen LogP) is 2.84. The molecule has 2 aromatic carbocycles. The summed E-state index contributed by atoms with van der Waals surface area (Å²) in [7, 11) is -0.485. The molecule has 2 aromatic rings. The number of rotatable bonds is 5. The van der Waals surface area contributed by atoms with Gasteiger partial charge in [0.05, 0.1) is 48.5 Å². The molecule has 0 fully saturated rings. The van der Waals surface area contributed by atoms with Crippen LogP contribution in [0.4, 0.5) is 0 Å². The number of halogens is 1. The molecule has 9 heteroatoms. The summed E-state index contributed by atoms with van der Waals surface area (Å²) in [6.45, 7) is 1.70. The van der Waals surface area contributed by atoms with Crippen molar-refractivity contribution < 1.29 is 27.8 Å². The SMILES string of the molecule is CCS(=O)(=O)c1ccc(Cl)c(C(=O)N2Cc3c(OC)ccc(OC)c3[C@H](O)C2)c1. The van der Waals surface area contributed by atoms with Crippen LogP contribution < -0.4 is 9.47 Å². The molecule has 1 N–H and O–H groups in total. The van der Waals surface area contributed by atoms with Gasteiger partial charge in [-0.15, -0.1) is 0 Å². The fourth-order valence-electron chi connectivity index (χ4n) is 3.43. The first kappa shape index (κ1) is 21.4. The standard InChI is InChI=1S/C20H22ClNO6S/c1-4-29(25,26)12-5-6-15(21)13(9-12)20(24)22-10-14-17(27-2)7-8-18(28-3)19(14)16(23)11-22/h5-9,16,23H,4,10-11H2,1-3H3/t16-/m1/s1. The zero-order valence-corrected chi connectivity index (χ0v) is 17.9. The molecule has 0 saturated heterocycles. The molecule has 1 aliphatic rings. The van der Waals surface area contributed by atoms with E-state index in [1.165, 1.54) is 44.2 Å². The van der Waals surface area contributed by atoms with Crippen LogP contribution in [0.2, 0.25) is 5.02 Å². The van der Waals surface area contributed by atoms with Gasteiger partial charge < -0.3 is 19.5 Å². The summed E-state index contributed by atoms with van der Waals surface area (Å²) in [5, 5.41) is 10.8. The molecule has 3 rings (SSSR count). The second-order valence-corrected chi connectivity index (χ2v) is 9.29. The molecule has 1 atom stereocenters. The largest absolute Gasteiger partial charge is 0.496 e. The molecule has 0 bridgehead atoms. The number of hydrogen-bond donors (Lipinski definition) is 1. The van der Waals surface area contributed by atoms with Crippen LogP contribution in [0.15, 0.2) is 35.2 Å². The Morgan fingerprint density at radius 1 is 1.21 bits per heavy atom. The molecule has 7 nitrogen and oxygen atoms in total. The summed E-state index contributed by atoms with van der Waals surface area (Å²) >= 11 is 6.20. The van der Waals surface area contributed by atoms with Crippen LogP contribution >= 0.6 is 11.6 Å². The molecule has 0 saturated carbocycles. The second-order valence-electron chi connectivity index (χ2n) is 6.61. The molecule has 1 heterocycles. The minimum atomic E-state index is -3.50. The number of ether oxygens (including phenoxy) is 2. The Balaban J connectivity index is 2.02. The molecular weight excluding hydrogens is 418 g/mol. The van der Waals surface area contributed by atoms with Gasteiger partial charge in [-0.3, -0.25) is 4.79 Å². The smallest absolute Gasteiger partial charge is 0.255 e. The van der Waals surface area contributed by atoms with E-state index in [1.807, 2.05) is 0 Å². The molecular formula is C20H22ClNO6S. The lowest BCUT2D eigenvalue weighted by Crippen LogP contribution is -2.38. The zero-order valence-electron chi connectivity index (χ0n) is 16.3. The van der Waals surface area contributed by atoms with Crippen molar-refractivity contribution in [3.8, 4) is 11.5 Å². The minimum Gasteiger partial charge on any atom is -0.496 e. The quantitative estimate of drug-likeness (QED) is 0.770. The molecule has 0 radical (unpaired) electrons. The fourth-order valence-corrected chi connectivity index (χ4v) is 4.53. The number of sulfone groups is 1. The Kier molecular flexibility index (Phi) is 6.07. The van der Waals surface area contributed by atoms with Crippen LogP contribution in [-0.4, -0.2) is 50.8 Å². The fraction of sp³-hybridized carbons (Fsp3) is 0.350. The Morgan fingerprint density at radius 3 is 2.48 bits per heavy atom. The van der Waals surface area contributed by atoms with E-state index >= 15 is 0 Å². The predicted molar refractivity (Wildman–Crippen MR) is 108 cm³/mol. The van der Waals surface area contributed by atoms with Crippen LogP contribution in [0.5, 0.6) is 11.5 Å². The van der Waals surface area contributed by atoms with Crippen molar-refractivity contribution in [2.24, 2.45) is 0 Å². The third-order valence-electron chi connectivity index (χ3n) is 4.98. The molecule has 1 aliphatic heterocycles. The molecule has 0 unspecified atom stereocenters. The summed E-state index contributed by atoms with van der Waals surface area (Å²) in [5.41, 5.74) is 1.27. The van der Waals surface area contributed by atoms with E-state index in [0.29, 0.717) is 22.6 Å². The molecule has 0 spiro atoms. The molecule has 0 aliphatic carbocycles. The number of amides is 1. The van der Waals surface area contributed by atoms with Crippen LogP contribution in [0.3, 0.4) is 0 Å². The topological polar surface area (TPSA) is 93.1 Å². The van der Waals surface area contributed by atoms with E-state index in [1.54, 1.807) is 12.1 Å². The van der Waals surface area contributed by atoms with Crippen LogP contribution in [0, 0.1) is 0 Å². The van der Waals surface area contributed by atoms with E-state index in [-0.39, 0.29) is 34.3 Å². The maximum Gasteiger partial charge on any atom is 0.255 e. The normalized spacial score (nSPS) is 16.3. The van der Waals surface area contributed by atoms with Gasteiger partial charge in [-0.1, -0.05) is 18.5 Å². The van der Waals surface area contributed by atoms with E-state index in [9.17, 15) is 18.3 Å².